The number of aromatic amines is 6. The van der Waals surface area contributed by atoms with Gasteiger partial charge in [-0.2, -0.15) is 15.3 Å². The molecule has 0 atom stereocenters. The van der Waals surface area contributed by atoms with E-state index in [0.29, 0.717) is 101 Å². The molecule has 0 radical (unpaired) electrons. The standard InChI is InChI=1S/C31H31FN10O2S.C30H29FN10O2S.C30H28FN9/c1-41-3-5-42(6-4-41)18-20-8-22(14-33-12-20)23-11-25-29(39-40-30(25)35-15-23)31-37-27-17-34-16-26(28(27)38-31)21-7-19(9-24(32)10-21)13-36-45(2,43)44;1-44(42,43)36-12-18-6-20(9-23(31)8-18)25-15-34-16-26-27(25)38-30(37-26)28-24-10-22(14-35-29(24)40-39-28)21-7-19(11-33-13-21)17-41-4-2-32-3-5-41;1-39(2)17-18-7-20(13-32-12-18)21-10-24-28(37-38-29(24)34-14-21)30-35-26-16-33-15-25(27(26)36-30)19-8-22(31)11-23(9-19)40-5-3-4-6-40/h7-12,14-17,36H,3-6,13,18H2,1-2H3,(H,37,38)(H,35,39,40);6-11,13-16,32,36H,2-5,12,17H2,1H3,(H,37,38)(H,35,39,40);7-16H,3-6,17H2,1-2H3,(H,35,36)(H,34,37,38). The molecule has 3 aliphatic rings. The number of benzene rings is 3. The fourth-order valence-electron chi connectivity index (χ4n) is 16.6. The lowest BCUT2D eigenvalue weighted by Gasteiger charge is -2.32. The summed E-state index contributed by atoms with van der Waals surface area (Å²) in [6.45, 7) is 12.5. The van der Waals surface area contributed by atoms with Gasteiger partial charge in [0.1, 0.15) is 34.5 Å². The normalized spacial score (nSPS) is 14.4. The first-order valence-corrected chi connectivity index (χ1v) is 45.7. The average Bonchev–Trinajstić information content (AvgIpc) is 1.62. The quantitative estimate of drug-likeness (QED) is 0.0304. The van der Waals surface area contributed by atoms with Crippen LogP contribution in [-0.2, 0) is 52.8 Å². The summed E-state index contributed by atoms with van der Waals surface area (Å²) in [6.07, 6.45) is 31.0. The van der Waals surface area contributed by atoms with E-state index in [2.05, 4.69) is 161 Å². The van der Waals surface area contributed by atoms with Crippen molar-refractivity contribution in [1.29, 1.82) is 0 Å². The summed E-state index contributed by atoms with van der Waals surface area (Å²) in [7, 11) is -0.662. The lowest BCUT2D eigenvalue weighted by atomic mass is 10.0. The number of nitrogens with one attached hydrogen (secondary N) is 9. The molecule has 18 heterocycles. The predicted octanol–water partition coefficient (Wildman–Crippen LogP) is 12.2. The van der Waals surface area contributed by atoms with Gasteiger partial charge in [-0.25, -0.2) is 69.4 Å². The summed E-state index contributed by atoms with van der Waals surface area (Å²) in [5.41, 5.74) is 22.3. The summed E-state index contributed by atoms with van der Waals surface area (Å²) in [5, 5.41) is 28.2. The minimum atomic E-state index is -3.44. The van der Waals surface area contributed by atoms with Gasteiger partial charge in [-0.15, -0.1) is 0 Å². The molecule has 3 fully saturated rings. The van der Waals surface area contributed by atoms with E-state index in [1.807, 2.05) is 75.7 Å². The number of likely N-dealkylation sites (N-methyl/N-ethyl adjacent to an activating group) is 1. The zero-order valence-corrected chi connectivity index (χ0v) is 72.5. The number of halogens is 3. The molecule has 0 unspecified atom stereocenters. The molecule has 9 N–H and O–H groups in total. The first-order valence-electron chi connectivity index (χ1n) is 41.9. The first kappa shape index (κ1) is 84.5. The van der Waals surface area contributed by atoms with Crippen LogP contribution in [-0.4, -0.2) is 241 Å². The Labute approximate surface area is 737 Å². The number of hydrogen-bond acceptors (Lipinski definition) is 25. The van der Waals surface area contributed by atoms with E-state index < -0.39 is 31.7 Å². The number of imidazole rings is 3. The topological polar surface area (TPSA) is 409 Å². The van der Waals surface area contributed by atoms with Crippen LogP contribution in [0.15, 0.2) is 184 Å². The summed E-state index contributed by atoms with van der Waals surface area (Å²) < 4.78 is 95.1. The molecule has 0 bridgehead atoms. The second-order valence-corrected chi connectivity index (χ2v) is 36.6. The van der Waals surface area contributed by atoms with Crippen molar-refractivity contribution in [2.45, 2.75) is 45.6 Å². The van der Waals surface area contributed by atoms with Crippen molar-refractivity contribution in [3.05, 3.63) is 229 Å². The predicted molar refractivity (Wildman–Crippen MR) is 489 cm³/mol. The molecule has 0 amide bonds. The molecule has 33 nitrogen and oxygen atoms in total. The summed E-state index contributed by atoms with van der Waals surface area (Å²) in [5.74, 6) is 0.404. The zero-order valence-electron chi connectivity index (χ0n) is 70.9. The number of hydrogen-bond donors (Lipinski definition) is 9. The SMILES string of the molecule is CN(C)Cc1cncc(-c2cnc3n[nH]c(-c4nc5c(-c6cc(F)cc(N7CCCC7)c6)cncc5[nH]4)c3c2)c1.CN1CCN(Cc2cncc(-c3cnc4n[nH]c(-c5nc6c(-c7cc(F)cc(CNS(C)(=O)=O)c7)cncc6[nH]5)c4c3)c2)CC1.CS(=O)(=O)NCc1cc(F)cc(-c2cncc3[nH]c(-c4[nH]nc5ncc(-c6cncc(CN7CCNCC7)c6)cc45)nc23)c1. The van der Waals surface area contributed by atoms with E-state index in [1.165, 1.54) is 24.3 Å². The smallest absolute Gasteiger partial charge is 0.209 e. The van der Waals surface area contributed by atoms with Gasteiger partial charge in [0, 0.05) is 228 Å². The van der Waals surface area contributed by atoms with Crippen LogP contribution in [0.25, 0.3) is 168 Å². The molecule has 0 spiro atoms. The lowest BCUT2D eigenvalue weighted by molar-refractivity contribution is 0.148. The van der Waals surface area contributed by atoms with Gasteiger partial charge in [-0.1, -0.05) is 0 Å². The van der Waals surface area contributed by atoms with Crippen molar-refractivity contribution in [3.63, 3.8) is 0 Å². The third-order valence-electron chi connectivity index (χ3n) is 22.9. The van der Waals surface area contributed by atoms with Crippen LogP contribution in [0.4, 0.5) is 18.9 Å². The van der Waals surface area contributed by atoms with E-state index in [9.17, 15) is 30.0 Å². The number of aromatic nitrogens is 21. The maximum absolute atomic E-state index is 14.7. The van der Waals surface area contributed by atoms with Crippen molar-refractivity contribution in [2.75, 3.05) is 104 Å². The number of sulfonamides is 2. The largest absolute Gasteiger partial charge is 0.371 e. The Balaban J connectivity index is 0.000000126. The zero-order chi connectivity index (χ0) is 88.6. The Morgan fingerprint density at radius 2 is 0.752 bits per heavy atom. The number of H-pyrrole nitrogens is 6. The maximum Gasteiger partial charge on any atom is 0.209 e. The van der Waals surface area contributed by atoms with Gasteiger partial charge in [0.2, 0.25) is 20.0 Å². The first-order chi connectivity index (χ1) is 62.5. The molecule has 3 saturated heterocycles. The lowest BCUT2D eigenvalue weighted by Crippen LogP contribution is -2.43. The van der Waals surface area contributed by atoms with E-state index >= 15 is 0 Å². The highest BCUT2D eigenvalue weighted by Crippen LogP contribution is 2.39. The van der Waals surface area contributed by atoms with Crippen LogP contribution in [0.5, 0.6) is 0 Å². The van der Waals surface area contributed by atoms with Crippen molar-refractivity contribution >= 4 is 91.9 Å². The second-order valence-electron chi connectivity index (χ2n) is 33.0. The van der Waals surface area contributed by atoms with Crippen LogP contribution in [0.2, 0.25) is 0 Å². The molecule has 654 valence electrons. The highest BCUT2D eigenvalue weighted by atomic mass is 32.2. The Kier molecular flexibility index (Phi) is 23.6. The average molecular weight is 1770 g/mol. The Bertz CT molecular complexity index is 7480. The fourth-order valence-corrected chi connectivity index (χ4v) is 17.4. The third-order valence-corrected chi connectivity index (χ3v) is 24.2. The molecule has 21 rings (SSSR count). The van der Waals surface area contributed by atoms with Gasteiger partial charge >= 0.3 is 0 Å². The maximum atomic E-state index is 14.7. The number of fused-ring (bicyclic) bond motifs is 6. The highest BCUT2D eigenvalue weighted by Gasteiger charge is 2.25. The molecule has 0 aliphatic carbocycles. The molecular formula is C91H88F3N29O4S2. The van der Waals surface area contributed by atoms with E-state index in [0.717, 1.165) is 210 Å². The molecule has 18 aromatic rings. The monoisotopic (exact) mass is 1770 g/mol. The Morgan fingerprint density at radius 1 is 0.388 bits per heavy atom. The molecule has 38 heteroatoms. The van der Waals surface area contributed by atoms with Crippen LogP contribution >= 0.6 is 0 Å². The van der Waals surface area contributed by atoms with Crippen molar-refractivity contribution in [3.8, 4) is 101 Å². The van der Waals surface area contributed by atoms with Gasteiger partial charge in [-0.3, -0.25) is 55.0 Å². The number of anilines is 1. The van der Waals surface area contributed by atoms with Crippen molar-refractivity contribution in [2.24, 2.45) is 0 Å². The fraction of sp³-hybridized carbons (Fsp3) is 0.242. The highest BCUT2D eigenvalue weighted by molar-refractivity contribution is 7.89. The molecule has 129 heavy (non-hydrogen) atoms. The second kappa shape index (κ2) is 36.1. The molecular weight excluding hydrogens is 1680 g/mol. The number of rotatable bonds is 22. The molecule has 3 aliphatic heterocycles. The molecule has 15 aromatic heterocycles. The minimum absolute atomic E-state index is 0.0391. The van der Waals surface area contributed by atoms with Crippen LogP contribution in [0, 0.1) is 17.5 Å². The van der Waals surface area contributed by atoms with Crippen molar-refractivity contribution in [1.82, 2.24) is 140 Å². The Morgan fingerprint density at radius 3 is 1.16 bits per heavy atom. The molecule has 3 aromatic carbocycles. The molecule has 0 saturated carbocycles. The number of nitrogens with zero attached hydrogens (tertiary/aromatic N) is 20. The minimum Gasteiger partial charge on any atom is -0.371 e. The summed E-state index contributed by atoms with van der Waals surface area (Å²) in [6, 6.07) is 26.5. The van der Waals surface area contributed by atoms with E-state index in [-0.39, 0.29) is 18.9 Å². The van der Waals surface area contributed by atoms with Gasteiger partial charge < -0.3 is 35.0 Å². The van der Waals surface area contributed by atoms with Crippen LogP contribution < -0.4 is 19.7 Å². The third kappa shape index (κ3) is 19.2. The van der Waals surface area contributed by atoms with Gasteiger partial charge in [0.25, 0.3) is 0 Å². The van der Waals surface area contributed by atoms with Crippen LogP contribution in [0.3, 0.4) is 0 Å². The van der Waals surface area contributed by atoms with Crippen molar-refractivity contribution < 1.29 is 30.0 Å². The Hall–Kier alpha value is -14.0. The van der Waals surface area contributed by atoms with E-state index in [1.54, 1.807) is 73.8 Å². The summed E-state index contributed by atoms with van der Waals surface area (Å²) >= 11 is 0. The number of pyridine rings is 9. The number of piperazine rings is 2. The van der Waals surface area contributed by atoms with Gasteiger partial charge in [-0.05, 0) is 169 Å². The summed E-state index contributed by atoms with van der Waals surface area (Å²) in [4.78, 5) is 76.5. The van der Waals surface area contributed by atoms with Gasteiger partial charge in [0.15, 0.2) is 34.4 Å². The van der Waals surface area contributed by atoms with E-state index in [4.69, 9.17) is 15.0 Å². The van der Waals surface area contributed by atoms with Crippen LogP contribution in [0.1, 0.15) is 40.7 Å². The van der Waals surface area contributed by atoms with Gasteiger partial charge in [0.05, 0.1) is 80.4 Å².